The van der Waals surface area contributed by atoms with E-state index in [4.69, 9.17) is 21.7 Å². The predicted octanol–water partition coefficient (Wildman–Crippen LogP) is 6.61. The van der Waals surface area contributed by atoms with Crippen LogP contribution in [-0.4, -0.2) is 22.3 Å². The van der Waals surface area contributed by atoms with Crippen molar-refractivity contribution in [1.29, 1.82) is 0 Å². The first-order chi connectivity index (χ1) is 17.6. The molecule has 3 aromatic rings. The molecule has 0 bridgehead atoms. The molecule has 1 amide bonds. The minimum absolute atomic E-state index is 0.0302. The molecule has 1 aliphatic rings. The maximum atomic E-state index is 13.1. The van der Waals surface area contributed by atoms with Gasteiger partial charge in [0.15, 0.2) is 15.8 Å². The van der Waals surface area contributed by atoms with Crippen molar-refractivity contribution in [2.75, 3.05) is 12.0 Å². The maximum Gasteiger partial charge on any atom is 0.416 e. The van der Waals surface area contributed by atoms with Crippen molar-refractivity contribution in [2.24, 2.45) is 0 Å². The van der Waals surface area contributed by atoms with Gasteiger partial charge in [0, 0.05) is 12.1 Å². The number of nitro groups is 1. The van der Waals surface area contributed by atoms with Gasteiger partial charge in [-0.05, 0) is 59.7 Å². The van der Waals surface area contributed by atoms with E-state index < -0.39 is 22.6 Å². The van der Waals surface area contributed by atoms with Gasteiger partial charge in [-0.1, -0.05) is 36.1 Å². The number of ether oxygens (including phenoxy) is 2. The fourth-order valence-corrected chi connectivity index (χ4v) is 4.73. The van der Waals surface area contributed by atoms with Gasteiger partial charge >= 0.3 is 6.18 Å². The molecule has 37 heavy (non-hydrogen) atoms. The monoisotopic (exact) mass is 546 g/mol. The number of carbonyl (C=O) groups excluding carboxylic acids is 1. The average molecular weight is 547 g/mol. The molecule has 1 heterocycles. The molecule has 1 aliphatic heterocycles. The van der Waals surface area contributed by atoms with E-state index in [1.807, 2.05) is 0 Å². The number of thioether (sulfide) groups is 1. The number of non-ortho nitro benzene ring substituents is 1. The molecule has 0 unspecified atom stereocenters. The molecule has 190 valence electrons. The molecule has 4 rings (SSSR count). The summed E-state index contributed by atoms with van der Waals surface area (Å²) in [6, 6.07) is 15.3. The van der Waals surface area contributed by atoms with Crippen molar-refractivity contribution in [3.05, 3.63) is 98.4 Å². The number of alkyl halides is 3. The Hall–Kier alpha value is -3.90. The molecule has 1 fully saturated rings. The lowest BCUT2D eigenvalue weighted by Gasteiger charge is -2.16. The summed E-state index contributed by atoms with van der Waals surface area (Å²) in [7, 11) is 1.47. The number of hydrogen-bond donors (Lipinski definition) is 0. The Bertz CT molecular complexity index is 1410. The van der Waals surface area contributed by atoms with E-state index in [-0.39, 0.29) is 27.2 Å². The van der Waals surface area contributed by atoms with Gasteiger partial charge in [0.05, 0.1) is 28.2 Å². The van der Waals surface area contributed by atoms with Gasteiger partial charge in [-0.3, -0.25) is 19.8 Å². The van der Waals surface area contributed by atoms with Crippen molar-refractivity contribution in [1.82, 2.24) is 0 Å². The normalized spacial score (nSPS) is 14.8. The number of amides is 1. The first-order valence-corrected chi connectivity index (χ1v) is 11.8. The average Bonchev–Trinajstić information content (AvgIpc) is 3.15. The molecule has 0 spiro atoms. The second kappa shape index (κ2) is 10.6. The number of methoxy groups -OCH3 is 1. The molecule has 12 heteroatoms. The van der Waals surface area contributed by atoms with E-state index in [0.717, 1.165) is 28.8 Å². The van der Waals surface area contributed by atoms with Crippen LogP contribution in [-0.2, 0) is 17.6 Å². The van der Waals surface area contributed by atoms with Crippen LogP contribution in [0, 0.1) is 10.1 Å². The highest BCUT2D eigenvalue weighted by molar-refractivity contribution is 8.27. The second-order valence-electron chi connectivity index (χ2n) is 7.69. The van der Waals surface area contributed by atoms with Gasteiger partial charge in [-0.15, -0.1) is 0 Å². The molecular formula is C25H17F3N2O5S2. The van der Waals surface area contributed by atoms with Crippen LogP contribution in [0.2, 0.25) is 0 Å². The van der Waals surface area contributed by atoms with Crippen molar-refractivity contribution in [3.63, 3.8) is 0 Å². The van der Waals surface area contributed by atoms with Crippen molar-refractivity contribution in [3.8, 4) is 11.5 Å². The van der Waals surface area contributed by atoms with Gasteiger partial charge in [0.25, 0.3) is 11.6 Å². The molecule has 1 saturated heterocycles. The Morgan fingerprint density at radius 2 is 1.81 bits per heavy atom. The van der Waals surface area contributed by atoms with Crippen molar-refractivity contribution in [2.45, 2.75) is 12.8 Å². The molecule has 0 atom stereocenters. The number of halogens is 3. The molecule has 3 aromatic carbocycles. The minimum atomic E-state index is -4.56. The lowest BCUT2D eigenvalue weighted by Crippen LogP contribution is -2.27. The van der Waals surface area contributed by atoms with Gasteiger partial charge < -0.3 is 9.47 Å². The smallest absolute Gasteiger partial charge is 0.416 e. The SMILES string of the molecule is COc1ccc(/C=C2/SC(=S)N(c3cccc(C(F)(F)F)c3)C2=O)cc1OCc1ccc([N+](=O)[O-])cc1. The third kappa shape index (κ3) is 5.92. The van der Waals surface area contributed by atoms with Crippen LogP contribution in [0.4, 0.5) is 24.5 Å². The highest BCUT2D eigenvalue weighted by Crippen LogP contribution is 2.39. The molecule has 0 radical (unpaired) electrons. The Balaban J connectivity index is 1.55. The zero-order chi connectivity index (χ0) is 26.7. The number of anilines is 1. The summed E-state index contributed by atoms with van der Waals surface area (Å²) in [6.45, 7) is 0.107. The number of hydrogen-bond acceptors (Lipinski definition) is 7. The standard InChI is InChI=1S/C25H17F3N2O5S2/c1-34-20-10-7-16(11-21(20)35-14-15-5-8-18(9-6-15)30(32)33)12-22-23(31)29(24(36)37-22)19-4-2-3-17(13-19)25(26,27)28/h2-13H,14H2,1H3/b22-12+. The van der Waals surface area contributed by atoms with Crippen LogP contribution < -0.4 is 14.4 Å². The third-order valence-electron chi connectivity index (χ3n) is 5.25. The zero-order valence-corrected chi connectivity index (χ0v) is 20.7. The largest absolute Gasteiger partial charge is 0.493 e. The van der Waals surface area contributed by atoms with E-state index in [2.05, 4.69) is 0 Å². The lowest BCUT2D eigenvalue weighted by atomic mass is 10.1. The summed E-state index contributed by atoms with van der Waals surface area (Å²) in [5, 5.41) is 10.8. The summed E-state index contributed by atoms with van der Waals surface area (Å²) >= 11 is 6.25. The zero-order valence-electron chi connectivity index (χ0n) is 19.0. The molecule has 0 saturated carbocycles. The summed E-state index contributed by atoms with van der Waals surface area (Å²) in [6.07, 6.45) is -2.99. The van der Waals surface area contributed by atoms with Gasteiger partial charge in [0.1, 0.15) is 6.61 Å². The summed E-state index contributed by atoms with van der Waals surface area (Å²) in [4.78, 5) is 24.7. The second-order valence-corrected chi connectivity index (χ2v) is 9.36. The van der Waals surface area contributed by atoms with E-state index in [1.54, 1.807) is 36.4 Å². The van der Waals surface area contributed by atoms with Crippen molar-refractivity contribution < 1.29 is 32.4 Å². The fourth-order valence-electron chi connectivity index (χ4n) is 3.43. The predicted molar refractivity (Wildman–Crippen MR) is 138 cm³/mol. The molecule has 0 aliphatic carbocycles. The van der Waals surface area contributed by atoms with Crippen LogP contribution in [0.3, 0.4) is 0 Å². The summed E-state index contributed by atoms with van der Waals surface area (Å²) in [5.74, 6) is 0.247. The summed E-state index contributed by atoms with van der Waals surface area (Å²) in [5.41, 5.74) is 0.380. The van der Waals surface area contributed by atoms with Crippen LogP contribution in [0.15, 0.2) is 71.6 Å². The van der Waals surface area contributed by atoms with Crippen molar-refractivity contribution >= 4 is 51.7 Å². The van der Waals surface area contributed by atoms with Crippen LogP contribution in [0.25, 0.3) is 6.08 Å². The topological polar surface area (TPSA) is 81.9 Å². The quantitative estimate of drug-likeness (QED) is 0.143. The lowest BCUT2D eigenvalue weighted by molar-refractivity contribution is -0.384. The van der Waals surface area contributed by atoms with Gasteiger partial charge in [0.2, 0.25) is 0 Å². The van der Waals surface area contributed by atoms with E-state index in [0.29, 0.717) is 22.6 Å². The van der Waals surface area contributed by atoms with Crippen LogP contribution in [0.5, 0.6) is 11.5 Å². The molecular weight excluding hydrogens is 529 g/mol. The van der Waals surface area contributed by atoms with Crippen LogP contribution in [0.1, 0.15) is 16.7 Å². The van der Waals surface area contributed by atoms with Gasteiger partial charge in [-0.2, -0.15) is 13.2 Å². The minimum Gasteiger partial charge on any atom is -0.493 e. The highest BCUT2D eigenvalue weighted by atomic mass is 32.2. The Kier molecular flexibility index (Phi) is 7.50. The Morgan fingerprint density at radius 3 is 2.46 bits per heavy atom. The molecule has 7 nitrogen and oxygen atoms in total. The maximum absolute atomic E-state index is 13.1. The number of thiocarbonyl (C=S) groups is 1. The van der Waals surface area contributed by atoms with E-state index in [1.165, 1.54) is 31.4 Å². The highest BCUT2D eigenvalue weighted by Gasteiger charge is 2.36. The number of carbonyl (C=O) groups is 1. The first-order valence-electron chi connectivity index (χ1n) is 10.6. The van der Waals surface area contributed by atoms with E-state index in [9.17, 15) is 28.1 Å². The Labute approximate surface area is 218 Å². The number of nitro benzene ring substituents is 1. The number of nitrogens with zero attached hydrogens (tertiary/aromatic N) is 2. The van der Waals surface area contributed by atoms with Crippen LogP contribution >= 0.6 is 24.0 Å². The molecule has 0 N–H and O–H groups in total. The fraction of sp³-hybridized carbons (Fsp3) is 0.120. The Morgan fingerprint density at radius 1 is 1.08 bits per heavy atom. The van der Waals surface area contributed by atoms with Gasteiger partial charge in [-0.25, -0.2) is 0 Å². The first kappa shape index (κ1) is 26.2. The summed E-state index contributed by atoms with van der Waals surface area (Å²) < 4.78 is 50.7. The third-order valence-corrected chi connectivity index (χ3v) is 6.55. The number of benzene rings is 3. The molecule has 0 aromatic heterocycles. The van der Waals surface area contributed by atoms with E-state index >= 15 is 0 Å². The number of rotatable bonds is 7.